The third-order valence-corrected chi connectivity index (χ3v) is 1.90. The molecule has 1 aromatic rings. The second-order valence-corrected chi connectivity index (χ2v) is 3.10. The molecular formula is C8H6ClF3N2O. The minimum Gasteiger partial charge on any atom is -0.315 e. The topological polar surface area (TPSA) is 42.0 Å². The number of hydrogen-bond acceptors (Lipinski definition) is 2. The van der Waals surface area contributed by atoms with Crippen LogP contribution in [0.5, 0.6) is 0 Å². The van der Waals surface area contributed by atoms with Gasteiger partial charge in [0.25, 0.3) is 0 Å². The van der Waals surface area contributed by atoms with Gasteiger partial charge >= 0.3 is 12.1 Å². The highest BCUT2D eigenvalue weighted by Crippen LogP contribution is 2.25. The summed E-state index contributed by atoms with van der Waals surface area (Å²) in [5, 5.41) is 1.49. The molecule has 0 bridgehead atoms. The molecule has 0 saturated heterocycles. The highest BCUT2D eigenvalue weighted by atomic mass is 35.5. The Morgan fingerprint density at radius 3 is 2.60 bits per heavy atom. The van der Waals surface area contributed by atoms with Gasteiger partial charge in [0.1, 0.15) is 0 Å². The fourth-order valence-electron chi connectivity index (χ4n) is 0.860. The summed E-state index contributed by atoms with van der Waals surface area (Å²) >= 11 is 5.53. The van der Waals surface area contributed by atoms with Crippen LogP contribution >= 0.6 is 11.6 Å². The van der Waals surface area contributed by atoms with E-state index in [1.165, 1.54) is 19.2 Å². The maximum atomic E-state index is 11.9. The summed E-state index contributed by atoms with van der Waals surface area (Å²) in [4.78, 5) is 14.2. The fourth-order valence-corrected chi connectivity index (χ4v) is 1.11. The van der Waals surface area contributed by atoms with Crippen molar-refractivity contribution in [2.24, 2.45) is 0 Å². The largest absolute Gasteiger partial charge is 0.471 e. The van der Waals surface area contributed by atoms with Gasteiger partial charge < -0.3 is 5.32 Å². The fraction of sp³-hybridized carbons (Fsp3) is 0.250. The van der Waals surface area contributed by atoms with Gasteiger partial charge in [-0.2, -0.15) is 13.2 Å². The van der Waals surface area contributed by atoms with Crippen LogP contribution in [-0.2, 0) is 4.79 Å². The van der Waals surface area contributed by atoms with Gasteiger partial charge in [0, 0.05) is 6.20 Å². The number of aromatic nitrogens is 1. The molecule has 0 radical (unpaired) electrons. The number of pyridine rings is 1. The monoisotopic (exact) mass is 238 g/mol. The number of anilines is 1. The molecule has 0 spiro atoms. The smallest absolute Gasteiger partial charge is 0.315 e. The van der Waals surface area contributed by atoms with Crippen LogP contribution in [0.4, 0.5) is 18.9 Å². The van der Waals surface area contributed by atoms with Crippen molar-refractivity contribution in [2.75, 3.05) is 5.32 Å². The number of aryl methyl sites for hydroxylation is 1. The maximum absolute atomic E-state index is 11.9. The quantitative estimate of drug-likeness (QED) is 0.764. The first kappa shape index (κ1) is 11.8. The molecule has 0 aliphatic rings. The van der Waals surface area contributed by atoms with E-state index in [4.69, 9.17) is 11.6 Å². The number of nitrogens with zero attached hydrogens (tertiary/aromatic N) is 1. The number of carbonyl (C=O) groups excluding carboxylic acids is 1. The first-order valence-corrected chi connectivity index (χ1v) is 4.19. The van der Waals surface area contributed by atoms with Gasteiger partial charge in [0.2, 0.25) is 0 Å². The van der Waals surface area contributed by atoms with E-state index >= 15 is 0 Å². The number of halogens is 4. The third kappa shape index (κ3) is 2.82. The molecule has 0 aliphatic heterocycles. The van der Waals surface area contributed by atoms with E-state index in [9.17, 15) is 18.0 Å². The summed E-state index contributed by atoms with van der Waals surface area (Å²) in [7, 11) is 0. The van der Waals surface area contributed by atoms with Crippen molar-refractivity contribution in [3.8, 4) is 0 Å². The molecule has 1 aromatic heterocycles. The molecule has 3 nitrogen and oxygen atoms in total. The van der Waals surface area contributed by atoms with Crippen molar-refractivity contribution in [1.29, 1.82) is 0 Å². The first-order chi connectivity index (χ1) is 6.82. The van der Waals surface area contributed by atoms with Gasteiger partial charge in [-0.15, -0.1) is 0 Å². The Bertz CT molecular complexity index is 372. The van der Waals surface area contributed by atoms with Crippen LogP contribution in [0.15, 0.2) is 12.3 Å². The van der Waals surface area contributed by atoms with Crippen molar-refractivity contribution in [1.82, 2.24) is 4.98 Å². The molecule has 7 heteroatoms. The maximum Gasteiger partial charge on any atom is 0.471 e. The number of rotatable bonds is 1. The molecule has 0 aromatic carbocycles. The minimum atomic E-state index is -4.94. The number of alkyl halides is 3. The number of amides is 1. The van der Waals surface area contributed by atoms with Crippen molar-refractivity contribution < 1.29 is 18.0 Å². The van der Waals surface area contributed by atoms with E-state index in [0.29, 0.717) is 5.56 Å². The van der Waals surface area contributed by atoms with Crippen LogP contribution < -0.4 is 5.32 Å². The average Bonchev–Trinajstić information content (AvgIpc) is 2.09. The predicted molar refractivity (Wildman–Crippen MR) is 48.7 cm³/mol. The van der Waals surface area contributed by atoms with Crippen molar-refractivity contribution in [3.63, 3.8) is 0 Å². The van der Waals surface area contributed by atoms with E-state index in [2.05, 4.69) is 4.98 Å². The van der Waals surface area contributed by atoms with Crippen molar-refractivity contribution in [3.05, 3.63) is 23.0 Å². The van der Waals surface area contributed by atoms with E-state index in [1.54, 1.807) is 5.32 Å². The zero-order valence-electron chi connectivity index (χ0n) is 7.52. The number of carbonyl (C=O) groups is 1. The van der Waals surface area contributed by atoms with Gasteiger partial charge in [-0.05, 0) is 18.6 Å². The van der Waals surface area contributed by atoms with E-state index < -0.39 is 12.1 Å². The molecule has 1 rings (SSSR count). The third-order valence-electron chi connectivity index (χ3n) is 1.61. The molecule has 0 fully saturated rings. The van der Waals surface area contributed by atoms with Crippen LogP contribution in [0.3, 0.4) is 0 Å². The molecule has 1 heterocycles. The number of nitrogens with one attached hydrogen (secondary N) is 1. The van der Waals surface area contributed by atoms with Crippen LogP contribution in [0, 0.1) is 6.92 Å². The summed E-state index contributed by atoms with van der Waals surface area (Å²) in [5.41, 5.74) is 0.286. The Kier molecular flexibility index (Phi) is 3.18. The predicted octanol–water partition coefficient (Wildman–Crippen LogP) is 2.54. The summed E-state index contributed by atoms with van der Waals surface area (Å²) < 4.78 is 35.8. The van der Waals surface area contributed by atoms with E-state index in [1.807, 2.05) is 0 Å². The summed E-state index contributed by atoms with van der Waals surface area (Å²) in [6, 6.07) is 1.44. The molecule has 1 amide bonds. The Balaban J connectivity index is 2.95. The molecular weight excluding hydrogens is 233 g/mol. The summed E-state index contributed by atoms with van der Waals surface area (Å²) in [5.74, 6) is -2.07. The lowest BCUT2D eigenvalue weighted by Gasteiger charge is -2.10. The SMILES string of the molecule is Cc1ccnc(Cl)c1NC(=O)C(F)(F)F. The normalized spacial score (nSPS) is 11.3. The second-order valence-electron chi connectivity index (χ2n) is 2.75. The Morgan fingerprint density at radius 2 is 2.13 bits per heavy atom. The molecule has 15 heavy (non-hydrogen) atoms. The lowest BCUT2D eigenvalue weighted by atomic mass is 10.2. The van der Waals surface area contributed by atoms with Crippen LogP contribution in [-0.4, -0.2) is 17.1 Å². The number of hydrogen-bond donors (Lipinski definition) is 1. The second kappa shape index (κ2) is 4.06. The minimum absolute atomic E-state index is 0.124. The van der Waals surface area contributed by atoms with E-state index in [-0.39, 0.29) is 10.8 Å². The molecule has 0 atom stereocenters. The van der Waals surface area contributed by atoms with Crippen LogP contribution in [0.1, 0.15) is 5.56 Å². The highest BCUT2D eigenvalue weighted by Gasteiger charge is 2.39. The first-order valence-electron chi connectivity index (χ1n) is 3.81. The summed E-state index contributed by atoms with van der Waals surface area (Å²) in [6.07, 6.45) is -3.60. The lowest BCUT2D eigenvalue weighted by Crippen LogP contribution is -2.30. The zero-order chi connectivity index (χ0) is 11.6. The zero-order valence-corrected chi connectivity index (χ0v) is 8.28. The van der Waals surface area contributed by atoms with Gasteiger partial charge in [-0.3, -0.25) is 4.79 Å². The Hall–Kier alpha value is -1.30. The highest BCUT2D eigenvalue weighted by molar-refractivity contribution is 6.32. The van der Waals surface area contributed by atoms with Gasteiger partial charge in [0.05, 0.1) is 5.69 Å². The standard InChI is InChI=1S/C8H6ClF3N2O/c1-4-2-3-13-6(9)5(4)14-7(15)8(10,11)12/h2-3H,1H3,(H,14,15). The van der Waals surface area contributed by atoms with Gasteiger partial charge in [0.15, 0.2) is 5.15 Å². The Morgan fingerprint density at radius 1 is 1.53 bits per heavy atom. The molecule has 0 saturated carbocycles. The Labute approximate surface area is 88.3 Å². The van der Waals surface area contributed by atoms with Crippen LogP contribution in [0.25, 0.3) is 0 Å². The average molecular weight is 239 g/mol. The molecule has 0 aliphatic carbocycles. The summed E-state index contributed by atoms with van der Waals surface area (Å²) in [6.45, 7) is 1.51. The molecule has 1 N–H and O–H groups in total. The molecule has 82 valence electrons. The van der Waals surface area contributed by atoms with Crippen LogP contribution in [0.2, 0.25) is 5.15 Å². The van der Waals surface area contributed by atoms with E-state index in [0.717, 1.165) is 0 Å². The molecule has 0 unspecified atom stereocenters. The van der Waals surface area contributed by atoms with Crippen molar-refractivity contribution >= 4 is 23.2 Å². The van der Waals surface area contributed by atoms with Crippen molar-refractivity contribution in [2.45, 2.75) is 13.1 Å². The van der Waals surface area contributed by atoms with Gasteiger partial charge in [-0.25, -0.2) is 4.98 Å². The van der Waals surface area contributed by atoms with Gasteiger partial charge in [-0.1, -0.05) is 11.6 Å². The lowest BCUT2D eigenvalue weighted by molar-refractivity contribution is -0.167.